The van der Waals surface area contributed by atoms with Crippen molar-refractivity contribution in [2.24, 2.45) is 0 Å². The maximum atomic E-state index is 10.5. The van der Waals surface area contributed by atoms with Gasteiger partial charge in [0.25, 0.3) is 0 Å². The number of rotatable bonds is 4. The van der Waals surface area contributed by atoms with Crippen molar-refractivity contribution >= 4 is 28.2 Å². The van der Waals surface area contributed by atoms with Crippen LogP contribution < -0.4 is 4.74 Å². The molecule has 0 radical (unpaired) electrons. The number of aldehydes is 1. The van der Waals surface area contributed by atoms with Crippen molar-refractivity contribution < 1.29 is 19.4 Å². The van der Waals surface area contributed by atoms with Gasteiger partial charge < -0.3 is 9.84 Å². The molecule has 0 saturated carbocycles. The van der Waals surface area contributed by atoms with Crippen molar-refractivity contribution in [3.63, 3.8) is 0 Å². The highest BCUT2D eigenvalue weighted by Gasteiger charge is 2.02. The van der Waals surface area contributed by atoms with Gasteiger partial charge in [-0.1, -0.05) is 15.9 Å². The van der Waals surface area contributed by atoms with Crippen LogP contribution in [0, 0.1) is 0 Å². The molecule has 0 fully saturated rings. The Morgan fingerprint density at radius 2 is 2.21 bits per heavy atom. The van der Waals surface area contributed by atoms with Gasteiger partial charge in [-0.3, -0.25) is 4.79 Å². The van der Waals surface area contributed by atoms with Gasteiger partial charge in [-0.15, -0.1) is 0 Å². The highest BCUT2D eigenvalue weighted by molar-refractivity contribution is 9.10. The first kappa shape index (κ1) is 10.7. The van der Waals surface area contributed by atoms with E-state index < -0.39 is 12.6 Å². The number of carboxylic acid groups (broad SMARTS) is 1. The molecule has 4 nitrogen and oxygen atoms in total. The molecule has 0 spiro atoms. The first-order valence-corrected chi connectivity index (χ1v) is 4.51. The van der Waals surface area contributed by atoms with Gasteiger partial charge in [0.05, 0.1) is 0 Å². The van der Waals surface area contributed by atoms with Crippen LogP contribution in [0.2, 0.25) is 0 Å². The molecule has 1 aromatic rings. The summed E-state index contributed by atoms with van der Waals surface area (Å²) < 4.78 is 5.57. The predicted molar refractivity (Wildman–Crippen MR) is 52.7 cm³/mol. The molecule has 0 bridgehead atoms. The second kappa shape index (κ2) is 4.76. The van der Waals surface area contributed by atoms with Gasteiger partial charge in [0.15, 0.2) is 6.61 Å². The Morgan fingerprint density at radius 3 is 2.79 bits per heavy atom. The fourth-order valence-corrected chi connectivity index (χ4v) is 1.37. The number of carboxylic acids is 1. The van der Waals surface area contributed by atoms with Gasteiger partial charge in [0.1, 0.15) is 12.0 Å². The average molecular weight is 259 g/mol. The fourth-order valence-electron chi connectivity index (χ4n) is 0.881. The van der Waals surface area contributed by atoms with Crippen molar-refractivity contribution in [2.45, 2.75) is 0 Å². The summed E-state index contributed by atoms with van der Waals surface area (Å²) in [5.74, 6) is -0.707. The molecule has 0 unspecified atom stereocenters. The Labute approximate surface area is 88.6 Å². The Kier molecular flexibility index (Phi) is 3.64. The second-order valence-electron chi connectivity index (χ2n) is 2.52. The van der Waals surface area contributed by atoms with E-state index in [9.17, 15) is 9.59 Å². The molecule has 5 heteroatoms. The Bertz CT molecular complexity index is 362. The van der Waals surface area contributed by atoms with Crippen LogP contribution in [0.3, 0.4) is 0 Å². The number of benzene rings is 1. The van der Waals surface area contributed by atoms with Crippen LogP contribution in [-0.2, 0) is 4.79 Å². The predicted octanol–water partition coefficient (Wildman–Crippen LogP) is 1.72. The third-order valence-corrected chi connectivity index (χ3v) is 1.85. The normalized spacial score (nSPS) is 9.50. The van der Waals surface area contributed by atoms with Crippen LogP contribution in [0.1, 0.15) is 10.4 Å². The zero-order valence-electron chi connectivity index (χ0n) is 7.07. The van der Waals surface area contributed by atoms with E-state index in [0.717, 1.165) is 0 Å². The number of carbonyl (C=O) groups excluding carboxylic acids is 1. The highest BCUT2D eigenvalue weighted by Crippen LogP contribution is 2.20. The minimum Gasteiger partial charge on any atom is -0.482 e. The monoisotopic (exact) mass is 258 g/mol. The lowest BCUT2D eigenvalue weighted by Crippen LogP contribution is -2.09. The van der Waals surface area contributed by atoms with Crippen LogP contribution in [0.25, 0.3) is 0 Å². The Hall–Kier alpha value is -1.36. The molecular formula is C9H7BrO4. The molecule has 0 aliphatic carbocycles. The van der Waals surface area contributed by atoms with E-state index in [-0.39, 0.29) is 0 Å². The lowest BCUT2D eigenvalue weighted by molar-refractivity contribution is -0.139. The zero-order chi connectivity index (χ0) is 10.6. The summed E-state index contributed by atoms with van der Waals surface area (Å²) in [5.41, 5.74) is 0.430. The van der Waals surface area contributed by atoms with E-state index in [1.807, 2.05) is 0 Å². The summed E-state index contributed by atoms with van der Waals surface area (Å²) in [6.07, 6.45) is 0.665. The van der Waals surface area contributed by atoms with Crippen LogP contribution in [-0.4, -0.2) is 24.0 Å². The van der Waals surface area contributed by atoms with Gasteiger partial charge in [-0.25, -0.2) is 4.79 Å². The lowest BCUT2D eigenvalue weighted by Gasteiger charge is -2.04. The summed E-state index contributed by atoms with van der Waals surface area (Å²) in [7, 11) is 0. The zero-order valence-corrected chi connectivity index (χ0v) is 8.65. The second-order valence-corrected chi connectivity index (χ2v) is 3.44. The number of halogens is 1. The molecule has 0 aliphatic rings. The van der Waals surface area contributed by atoms with E-state index in [1.165, 1.54) is 6.07 Å². The highest BCUT2D eigenvalue weighted by atomic mass is 79.9. The minimum absolute atomic E-state index is 0.351. The van der Waals surface area contributed by atoms with Crippen LogP contribution in [0.15, 0.2) is 22.7 Å². The van der Waals surface area contributed by atoms with Crippen molar-refractivity contribution in [1.29, 1.82) is 0 Å². The molecule has 0 amide bonds. The number of aliphatic carboxylic acids is 1. The molecule has 74 valence electrons. The fraction of sp³-hybridized carbons (Fsp3) is 0.111. The van der Waals surface area contributed by atoms with Crippen molar-refractivity contribution in [2.75, 3.05) is 6.61 Å². The maximum Gasteiger partial charge on any atom is 0.341 e. The summed E-state index contributed by atoms with van der Waals surface area (Å²) in [4.78, 5) is 20.7. The van der Waals surface area contributed by atoms with Gasteiger partial charge in [0, 0.05) is 10.0 Å². The number of ether oxygens (including phenoxy) is 1. The summed E-state index contributed by atoms with van der Waals surface area (Å²) in [5, 5.41) is 8.36. The van der Waals surface area contributed by atoms with Crippen LogP contribution >= 0.6 is 15.9 Å². The van der Waals surface area contributed by atoms with E-state index in [2.05, 4.69) is 15.9 Å². The molecule has 1 rings (SSSR count). The van der Waals surface area contributed by atoms with Gasteiger partial charge in [-0.05, 0) is 18.2 Å². The summed E-state index contributed by atoms with van der Waals surface area (Å²) >= 11 is 3.17. The maximum absolute atomic E-state index is 10.5. The molecule has 0 atom stereocenters. The largest absolute Gasteiger partial charge is 0.482 e. The quantitative estimate of drug-likeness (QED) is 0.836. The first-order valence-electron chi connectivity index (χ1n) is 3.72. The SMILES string of the molecule is O=Cc1cc(Br)cc(OCC(=O)O)c1. The topological polar surface area (TPSA) is 63.6 Å². The summed E-state index contributed by atoms with van der Waals surface area (Å²) in [6.45, 7) is -0.422. The van der Waals surface area contributed by atoms with Gasteiger partial charge in [-0.2, -0.15) is 0 Å². The number of hydrogen-bond acceptors (Lipinski definition) is 3. The minimum atomic E-state index is -1.06. The van der Waals surface area contributed by atoms with E-state index >= 15 is 0 Å². The van der Waals surface area contributed by atoms with Gasteiger partial charge in [0.2, 0.25) is 0 Å². The van der Waals surface area contributed by atoms with E-state index in [4.69, 9.17) is 9.84 Å². The molecule has 14 heavy (non-hydrogen) atoms. The van der Waals surface area contributed by atoms with Gasteiger partial charge >= 0.3 is 5.97 Å². The van der Waals surface area contributed by atoms with Crippen molar-refractivity contribution in [3.05, 3.63) is 28.2 Å². The van der Waals surface area contributed by atoms with Crippen LogP contribution in [0.5, 0.6) is 5.75 Å². The first-order chi connectivity index (χ1) is 6.61. The Balaban J connectivity index is 2.81. The smallest absolute Gasteiger partial charge is 0.341 e. The molecule has 1 aromatic carbocycles. The number of carbonyl (C=O) groups is 2. The average Bonchev–Trinajstić information content (AvgIpc) is 2.14. The van der Waals surface area contributed by atoms with Crippen molar-refractivity contribution in [1.82, 2.24) is 0 Å². The third-order valence-electron chi connectivity index (χ3n) is 1.39. The molecule has 0 saturated heterocycles. The summed E-state index contributed by atoms with van der Waals surface area (Å²) in [6, 6.07) is 4.68. The number of hydrogen-bond donors (Lipinski definition) is 1. The van der Waals surface area contributed by atoms with E-state index in [1.54, 1.807) is 12.1 Å². The molecule has 1 N–H and O–H groups in total. The molecular weight excluding hydrogens is 252 g/mol. The van der Waals surface area contributed by atoms with E-state index in [0.29, 0.717) is 22.1 Å². The molecule has 0 aliphatic heterocycles. The van der Waals surface area contributed by atoms with Crippen molar-refractivity contribution in [3.8, 4) is 5.75 Å². The third kappa shape index (κ3) is 3.18. The molecule has 0 aromatic heterocycles. The standard InChI is InChI=1S/C9H7BrO4/c10-7-1-6(4-11)2-8(3-7)14-5-9(12)13/h1-4H,5H2,(H,12,13). The Morgan fingerprint density at radius 1 is 1.50 bits per heavy atom. The molecule has 0 heterocycles. The van der Waals surface area contributed by atoms with Crippen LogP contribution in [0.4, 0.5) is 0 Å². The lowest BCUT2D eigenvalue weighted by atomic mass is 10.2.